The third kappa shape index (κ3) is 8.20. The molecule has 0 unspecified atom stereocenters. The van der Waals surface area contributed by atoms with Crippen LogP contribution < -0.4 is 10.6 Å². The number of aliphatic hydroxyl groups is 1. The van der Waals surface area contributed by atoms with Gasteiger partial charge in [0.05, 0.1) is 35.9 Å². The van der Waals surface area contributed by atoms with Crippen molar-refractivity contribution in [2.24, 2.45) is 11.8 Å². The zero-order valence-corrected chi connectivity index (χ0v) is 31.1. The molecule has 0 radical (unpaired) electrons. The average Bonchev–Trinajstić information content (AvgIpc) is 3.98. The van der Waals surface area contributed by atoms with Crippen LogP contribution in [-0.2, 0) is 19.2 Å². The van der Waals surface area contributed by atoms with E-state index in [9.17, 15) is 24.3 Å². The number of nitrogens with one attached hydrogen (secondary N) is 4. The molecule has 4 aromatic rings. The highest BCUT2D eigenvalue weighted by atomic mass is 16.3. The second-order valence-corrected chi connectivity index (χ2v) is 14.8. The van der Waals surface area contributed by atoms with Crippen LogP contribution in [0, 0.1) is 11.8 Å². The summed E-state index contributed by atoms with van der Waals surface area (Å²) in [5, 5.41) is 14.7. The van der Waals surface area contributed by atoms with Crippen molar-refractivity contribution in [3.63, 3.8) is 0 Å². The first kappa shape index (κ1) is 37.5. The van der Waals surface area contributed by atoms with Crippen LogP contribution in [0.1, 0.15) is 84.0 Å². The predicted octanol–water partition coefficient (Wildman–Crippen LogP) is 4.75. The Kier molecular flexibility index (Phi) is 11.4. The van der Waals surface area contributed by atoms with Gasteiger partial charge < -0.3 is 35.5 Å². The summed E-state index contributed by atoms with van der Waals surface area (Å²) in [6.07, 6.45) is 6.89. The quantitative estimate of drug-likeness (QED) is 0.140. The molecule has 13 heteroatoms. The Labute approximate surface area is 310 Å². The summed E-state index contributed by atoms with van der Waals surface area (Å²) >= 11 is 0. The lowest BCUT2D eigenvalue weighted by molar-refractivity contribution is -0.139. The van der Waals surface area contributed by atoms with E-state index in [0.717, 1.165) is 65.1 Å². The van der Waals surface area contributed by atoms with E-state index in [0.29, 0.717) is 18.9 Å². The lowest BCUT2D eigenvalue weighted by Crippen LogP contribution is -2.51. The minimum atomic E-state index is -0.719. The lowest BCUT2D eigenvalue weighted by Gasteiger charge is -2.30. The van der Waals surface area contributed by atoms with Crippen molar-refractivity contribution >= 4 is 23.6 Å². The van der Waals surface area contributed by atoms with Crippen LogP contribution in [0.5, 0.6) is 0 Å². The maximum Gasteiger partial charge on any atom is 0.246 e. The second kappa shape index (κ2) is 16.2. The number of amides is 4. The van der Waals surface area contributed by atoms with Gasteiger partial charge in [0.1, 0.15) is 30.3 Å². The number of aliphatic hydroxyl groups excluding tert-OH is 1. The Hall–Kier alpha value is -5.30. The van der Waals surface area contributed by atoms with Gasteiger partial charge in [0, 0.05) is 20.0 Å². The first-order chi connectivity index (χ1) is 25.4. The van der Waals surface area contributed by atoms with E-state index in [1.54, 1.807) is 11.1 Å². The average molecular weight is 723 g/mol. The van der Waals surface area contributed by atoms with E-state index in [2.05, 4.69) is 67.0 Å². The van der Waals surface area contributed by atoms with Gasteiger partial charge in [-0.3, -0.25) is 19.2 Å². The fourth-order valence-electron chi connectivity index (χ4n) is 7.44. The number of H-pyrrole nitrogens is 2. The number of carbonyl (C=O) groups is 4. The van der Waals surface area contributed by atoms with E-state index >= 15 is 0 Å². The highest BCUT2D eigenvalue weighted by Gasteiger charge is 2.38. The van der Waals surface area contributed by atoms with Crippen molar-refractivity contribution in [1.29, 1.82) is 0 Å². The first-order valence-corrected chi connectivity index (χ1v) is 18.5. The molecule has 2 aliphatic rings. The Morgan fingerprint density at radius 2 is 1.09 bits per heavy atom. The minimum Gasteiger partial charge on any atom is -0.387 e. The molecular weight excluding hydrogens is 672 g/mol. The lowest BCUT2D eigenvalue weighted by atomic mass is 10.0. The van der Waals surface area contributed by atoms with Crippen LogP contribution in [0.25, 0.3) is 33.6 Å². The molecule has 4 heterocycles. The molecule has 2 saturated heterocycles. The van der Waals surface area contributed by atoms with E-state index in [1.165, 1.54) is 6.92 Å². The second-order valence-electron chi connectivity index (χ2n) is 14.8. The Bertz CT molecular complexity index is 1920. The molecule has 2 aromatic heterocycles. The normalized spacial score (nSPS) is 18.4. The molecule has 2 aromatic carbocycles. The zero-order valence-electron chi connectivity index (χ0n) is 31.1. The zero-order chi connectivity index (χ0) is 37.8. The van der Waals surface area contributed by atoms with E-state index in [-0.39, 0.29) is 41.6 Å². The largest absolute Gasteiger partial charge is 0.387 e. The third-order valence-electron chi connectivity index (χ3n) is 10.3. The van der Waals surface area contributed by atoms with Crippen molar-refractivity contribution in [1.82, 2.24) is 40.4 Å². The Morgan fingerprint density at radius 1 is 0.698 bits per heavy atom. The first-order valence-electron chi connectivity index (χ1n) is 18.5. The van der Waals surface area contributed by atoms with E-state index in [4.69, 9.17) is 0 Å². The number of likely N-dealkylation sites (tertiary alicyclic amines) is 2. The molecular formula is C40H50N8O5. The van der Waals surface area contributed by atoms with Gasteiger partial charge in [0.25, 0.3) is 0 Å². The number of aromatic nitrogens is 4. The van der Waals surface area contributed by atoms with E-state index in [1.807, 2.05) is 50.9 Å². The Balaban J connectivity index is 1.11. The standard InChI is InChI=1S/C40H50N8O5/c1-23(2)35(43-25(5)50)39(52)47-18-6-8-32(47)37-41-20-30(44-37)28-14-10-26(11-15-28)27-12-16-29(17-13-27)31-21-42-38(45-31)33-9-7-19-48(33)40(53)36(24(3)4)46-34(51)22-49/h10-17,20-21,23-24,32-33,35-36,49H,6-9,18-19,22H2,1-5H3,(H,41,44)(H,42,45)(H,43,50)(H,46,51)/t32-,33-,35-,36-/m0/s1. The number of imidazole rings is 2. The summed E-state index contributed by atoms with van der Waals surface area (Å²) in [6.45, 7) is 9.61. The van der Waals surface area contributed by atoms with Crippen LogP contribution in [0.4, 0.5) is 0 Å². The molecule has 2 aliphatic heterocycles. The van der Waals surface area contributed by atoms with Gasteiger partial charge in [0.15, 0.2) is 0 Å². The van der Waals surface area contributed by atoms with Gasteiger partial charge in [-0.2, -0.15) is 0 Å². The van der Waals surface area contributed by atoms with Crippen LogP contribution >= 0.6 is 0 Å². The molecule has 4 atom stereocenters. The number of hydrogen-bond acceptors (Lipinski definition) is 7. The summed E-state index contributed by atoms with van der Waals surface area (Å²) in [5.41, 5.74) is 5.79. The molecule has 4 amide bonds. The van der Waals surface area contributed by atoms with E-state index < -0.39 is 24.6 Å². The van der Waals surface area contributed by atoms with Gasteiger partial charge >= 0.3 is 0 Å². The summed E-state index contributed by atoms with van der Waals surface area (Å²) in [5.74, 6) is 0.269. The maximum atomic E-state index is 13.5. The number of aromatic amines is 2. The summed E-state index contributed by atoms with van der Waals surface area (Å²) < 4.78 is 0. The number of rotatable bonds is 12. The van der Waals surface area contributed by atoms with Crippen LogP contribution in [0.15, 0.2) is 60.9 Å². The monoisotopic (exact) mass is 722 g/mol. The topological polar surface area (TPSA) is 176 Å². The summed E-state index contributed by atoms with van der Waals surface area (Å²) in [4.78, 5) is 70.4. The molecule has 5 N–H and O–H groups in total. The molecule has 6 rings (SSSR count). The fourth-order valence-corrected chi connectivity index (χ4v) is 7.44. The van der Waals surface area contributed by atoms with Crippen LogP contribution in [0.2, 0.25) is 0 Å². The molecule has 53 heavy (non-hydrogen) atoms. The van der Waals surface area contributed by atoms with Crippen molar-refractivity contribution in [3.8, 4) is 33.6 Å². The molecule has 0 aliphatic carbocycles. The molecule has 280 valence electrons. The van der Waals surface area contributed by atoms with Crippen molar-refractivity contribution in [3.05, 3.63) is 72.6 Å². The predicted molar refractivity (Wildman–Crippen MR) is 201 cm³/mol. The van der Waals surface area contributed by atoms with Gasteiger partial charge in [-0.1, -0.05) is 76.2 Å². The molecule has 13 nitrogen and oxygen atoms in total. The number of carbonyl (C=O) groups excluding carboxylic acids is 4. The van der Waals surface area contributed by atoms with Gasteiger partial charge in [0.2, 0.25) is 23.6 Å². The van der Waals surface area contributed by atoms with Crippen LogP contribution in [0.3, 0.4) is 0 Å². The molecule has 0 bridgehead atoms. The smallest absolute Gasteiger partial charge is 0.246 e. The summed E-state index contributed by atoms with van der Waals surface area (Å²) in [6, 6.07) is 14.8. The van der Waals surface area contributed by atoms with Gasteiger partial charge in [-0.15, -0.1) is 0 Å². The number of nitrogens with zero attached hydrogens (tertiary/aromatic N) is 4. The molecule has 0 saturated carbocycles. The fraction of sp³-hybridized carbons (Fsp3) is 0.450. The highest BCUT2D eigenvalue weighted by Crippen LogP contribution is 2.35. The SMILES string of the molecule is CC(=O)N[C@H](C(=O)N1CCC[C@H]1c1ncc(-c2ccc(-c3ccc(-c4cnc([C@@H]5CCCN5C(=O)[C@@H](NC(=O)CO)C(C)C)[nH]4)cc3)cc2)[nH]1)C(C)C. The van der Waals surface area contributed by atoms with Gasteiger partial charge in [-0.25, -0.2) is 9.97 Å². The van der Waals surface area contributed by atoms with Crippen LogP contribution in [-0.4, -0.2) is 90.3 Å². The molecule has 2 fully saturated rings. The number of benzene rings is 2. The van der Waals surface area contributed by atoms with Crippen molar-refractivity contribution < 1.29 is 24.3 Å². The third-order valence-corrected chi connectivity index (χ3v) is 10.3. The Morgan fingerprint density at radius 3 is 1.47 bits per heavy atom. The maximum absolute atomic E-state index is 13.5. The van der Waals surface area contributed by atoms with Crippen molar-refractivity contribution in [2.45, 2.75) is 84.5 Å². The number of hydrogen-bond donors (Lipinski definition) is 5. The molecule has 0 spiro atoms. The minimum absolute atomic E-state index is 0.0281. The van der Waals surface area contributed by atoms with Crippen molar-refractivity contribution in [2.75, 3.05) is 19.7 Å². The summed E-state index contributed by atoms with van der Waals surface area (Å²) in [7, 11) is 0. The highest BCUT2D eigenvalue weighted by molar-refractivity contribution is 5.89. The van der Waals surface area contributed by atoms with Gasteiger partial charge in [-0.05, 0) is 59.8 Å².